The number of hydrogen-bond acceptors (Lipinski definition) is 4. The summed E-state index contributed by atoms with van der Waals surface area (Å²) in [6, 6.07) is 0.363. The molecule has 1 heterocycles. The number of piperidine rings is 1. The van der Waals surface area contributed by atoms with Crippen molar-refractivity contribution in [3.8, 4) is 0 Å². The first-order valence-electron chi connectivity index (χ1n) is 6.89. The molecule has 0 aromatic carbocycles. The normalized spacial score (nSPS) is 39.7. The van der Waals surface area contributed by atoms with E-state index in [0.717, 1.165) is 11.7 Å². The van der Waals surface area contributed by atoms with Crippen LogP contribution >= 0.6 is 11.8 Å². The van der Waals surface area contributed by atoms with Crippen LogP contribution in [-0.4, -0.2) is 46.0 Å². The Labute approximate surface area is 108 Å². The molecule has 0 radical (unpaired) electrons. The van der Waals surface area contributed by atoms with Gasteiger partial charge in [-0.1, -0.05) is 19.8 Å². The highest BCUT2D eigenvalue weighted by Gasteiger charge is 2.34. The van der Waals surface area contributed by atoms with Crippen molar-refractivity contribution in [3.05, 3.63) is 0 Å². The van der Waals surface area contributed by atoms with E-state index >= 15 is 0 Å². The Bertz CT molecular complexity index is 233. The predicted molar refractivity (Wildman–Crippen MR) is 72.3 cm³/mol. The van der Waals surface area contributed by atoms with Gasteiger partial charge in [-0.15, -0.1) is 0 Å². The van der Waals surface area contributed by atoms with Crippen LogP contribution < -0.4 is 5.32 Å². The lowest BCUT2D eigenvalue weighted by atomic mass is 9.87. The van der Waals surface area contributed by atoms with Gasteiger partial charge in [0.25, 0.3) is 0 Å². The van der Waals surface area contributed by atoms with Crippen LogP contribution in [0.5, 0.6) is 0 Å². The summed E-state index contributed by atoms with van der Waals surface area (Å²) in [5, 5.41) is 23.6. The third-order valence-electron chi connectivity index (χ3n) is 4.24. The monoisotopic (exact) mass is 259 g/mol. The van der Waals surface area contributed by atoms with E-state index in [1.165, 1.54) is 31.4 Å². The molecule has 1 aliphatic carbocycles. The van der Waals surface area contributed by atoms with E-state index in [2.05, 4.69) is 17.1 Å². The Morgan fingerprint density at radius 2 is 1.94 bits per heavy atom. The minimum absolute atomic E-state index is 0.155. The van der Waals surface area contributed by atoms with Gasteiger partial charge >= 0.3 is 0 Å². The summed E-state index contributed by atoms with van der Waals surface area (Å²) in [5.74, 6) is 1.33. The van der Waals surface area contributed by atoms with Crippen LogP contribution in [0.4, 0.5) is 0 Å². The van der Waals surface area contributed by atoms with E-state index in [4.69, 9.17) is 0 Å². The maximum absolute atomic E-state index is 9.83. The lowest BCUT2D eigenvalue weighted by Crippen LogP contribution is -2.55. The van der Waals surface area contributed by atoms with Gasteiger partial charge in [-0.3, -0.25) is 0 Å². The molecule has 1 aliphatic heterocycles. The van der Waals surface area contributed by atoms with E-state index in [9.17, 15) is 10.2 Å². The molecule has 0 aromatic heterocycles. The zero-order chi connectivity index (χ0) is 12.3. The Balaban J connectivity index is 1.67. The number of β-amino-alcohol motifs (C(OH)–C–C–N with tert-alkyl or cyclic N) is 1. The molecule has 1 saturated carbocycles. The first-order chi connectivity index (χ1) is 8.18. The van der Waals surface area contributed by atoms with Gasteiger partial charge in [-0.25, -0.2) is 0 Å². The number of thioether (sulfide) groups is 1. The molecule has 2 fully saturated rings. The summed E-state index contributed by atoms with van der Waals surface area (Å²) in [6.07, 6.45) is 5.54. The van der Waals surface area contributed by atoms with Crippen molar-refractivity contribution in [2.75, 3.05) is 12.3 Å². The Morgan fingerprint density at radius 1 is 1.24 bits per heavy atom. The predicted octanol–water partition coefficient (Wildman–Crippen LogP) is 1.38. The molecule has 4 atom stereocenters. The van der Waals surface area contributed by atoms with Gasteiger partial charge in [0, 0.05) is 17.8 Å². The molecule has 3 N–H and O–H groups in total. The van der Waals surface area contributed by atoms with Gasteiger partial charge < -0.3 is 15.5 Å². The number of rotatable bonds is 4. The van der Waals surface area contributed by atoms with Gasteiger partial charge in [-0.05, 0) is 30.9 Å². The summed E-state index contributed by atoms with van der Waals surface area (Å²) in [5.41, 5.74) is 0. The molecule has 0 spiro atoms. The van der Waals surface area contributed by atoms with Crippen LogP contribution in [0.2, 0.25) is 0 Å². The fourth-order valence-electron chi connectivity index (χ4n) is 2.95. The number of aliphatic hydroxyl groups excluding tert-OH is 2. The van der Waals surface area contributed by atoms with Crippen molar-refractivity contribution in [1.29, 1.82) is 0 Å². The van der Waals surface area contributed by atoms with Gasteiger partial charge in [0.05, 0.1) is 12.2 Å². The number of aliphatic hydroxyl groups is 2. The number of nitrogens with one attached hydrogen (secondary N) is 1. The average Bonchev–Trinajstić information content (AvgIpc) is 2.82. The molecular formula is C13H25NO2S. The summed E-state index contributed by atoms with van der Waals surface area (Å²) in [7, 11) is 0. The van der Waals surface area contributed by atoms with Crippen molar-refractivity contribution in [1.82, 2.24) is 5.32 Å². The topological polar surface area (TPSA) is 52.5 Å². The summed E-state index contributed by atoms with van der Waals surface area (Å²) in [6.45, 7) is 2.56. The van der Waals surface area contributed by atoms with E-state index in [1.807, 2.05) is 6.92 Å². The SMILES string of the molecule is CC1C(CCSC2CCCC2)NCC(O)C1O. The van der Waals surface area contributed by atoms with Crippen LogP contribution in [0, 0.1) is 5.92 Å². The van der Waals surface area contributed by atoms with Crippen molar-refractivity contribution >= 4 is 11.8 Å². The molecular weight excluding hydrogens is 234 g/mol. The summed E-state index contributed by atoms with van der Waals surface area (Å²) >= 11 is 2.10. The second-order valence-electron chi connectivity index (χ2n) is 5.50. The zero-order valence-electron chi connectivity index (χ0n) is 10.6. The highest BCUT2D eigenvalue weighted by atomic mass is 32.2. The quantitative estimate of drug-likeness (QED) is 0.714. The second-order valence-corrected chi connectivity index (χ2v) is 6.91. The minimum Gasteiger partial charge on any atom is -0.390 e. The van der Waals surface area contributed by atoms with E-state index in [0.29, 0.717) is 12.6 Å². The molecule has 4 heteroatoms. The third-order valence-corrected chi connectivity index (χ3v) is 5.66. The number of hydrogen-bond donors (Lipinski definition) is 3. The lowest BCUT2D eigenvalue weighted by molar-refractivity contribution is -0.0461. The zero-order valence-corrected chi connectivity index (χ0v) is 11.5. The van der Waals surface area contributed by atoms with Crippen molar-refractivity contribution in [2.45, 2.75) is 62.5 Å². The van der Waals surface area contributed by atoms with Crippen molar-refractivity contribution in [2.24, 2.45) is 5.92 Å². The first-order valence-corrected chi connectivity index (χ1v) is 7.94. The van der Waals surface area contributed by atoms with Crippen molar-refractivity contribution in [3.63, 3.8) is 0 Å². The van der Waals surface area contributed by atoms with Gasteiger partial charge in [0.1, 0.15) is 0 Å². The van der Waals surface area contributed by atoms with Crippen LogP contribution in [0.25, 0.3) is 0 Å². The fraction of sp³-hybridized carbons (Fsp3) is 1.00. The molecule has 4 unspecified atom stereocenters. The molecule has 100 valence electrons. The van der Waals surface area contributed by atoms with Crippen LogP contribution in [0.3, 0.4) is 0 Å². The van der Waals surface area contributed by atoms with Gasteiger partial charge in [-0.2, -0.15) is 11.8 Å². The van der Waals surface area contributed by atoms with Crippen molar-refractivity contribution < 1.29 is 10.2 Å². The van der Waals surface area contributed by atoms with Crippen LogP contribution in [0.15, 0.2) is 0 Å². The van der Waals surface area contributed by atoms with E-state index in [1.54, 1.807) is 0 Å². The molecule has 17 heavy (non-hydrogen) atoms. The Morgan fingerprint density at radius 3 is 2.65 bits per heavy atom. The van der Waals surface area contributed by atoms with E-state index < -0.39 is 12.2 Å². The molecule has 0 bridgehead atoms. The largest absolute Gasteiger partial charge is 0.390 e. The smallest absolute Gasteiger partial charge is 0.0926 e. The van der Waals surface area contributed by atoms with Crippen LogP contribution in [-0.2, 0) is 0 Å². The van der Waals surface area contributed by atoms with Gasteiger partial charge in [0.2, 0.25) is 0 Å². The maximum atomic E-state index is 9.83. The average molecular weight is 259 g/mol. The molecule has 0 aromatic rings. The fourth-order valence-corrected chi connectivity index (χ4v) is 4.34. The Kier molecular flexibility index (Phi) is 5.15. The van der Waals surface area contributed by atoms with E-state index in [-0.39, 0.29) is 5.92 Å². The highest BCUT2D eigenvalue weighted by molar-refractivity contribution is 7.99. The highest BCUT2D eigenvalue weighted by Crippen LogP contribution is 2.30. The molecule has 2 rings (SSSR count). The molecule has 2 aliphatic rings. The second kappa shape index (κ2) is 6.41. The van der Waals surface area contributed by atoms with Gasteiger partial charge in [0.15, 0.2) is 0 Å². The molecule has 3 nitrogen and oxygen atoms in total. The lowest BCUT2D eigenvalue weighted by Gasteiger charge is -2.37. The molecule has 1 saturated heterocycles. The summed E-state index contributed by atoms with van der Waals surface area (Å²) < 4.78 is 0. The first kappa shape index (κ1) is 13.7. The van der Waals surface area contributed by atoms with Crippen LogP contribution in [0.1, 0.15) is 39.0 Å². The summed E-state index contributed by atoms with van der Waals surface area (Å²) in [4.78, 5) is 0. The standard InChI is InChI=1S/C13H25NO2S/c1-9-11(14-8-12(15)13(9)16)6-7-17-10-4-2-3-5-10/h9-16H,2-8H2,1H3. The Hall–Kier alpha value is 0.230. The molecule has 0 amide bonds. The minimum atomic E-state index is -0.594. The third kappa shape index (κ3) is 3.60. The maximum Gasteiger partial charge on any atom is 0.0926 e.